The monoisotopic (exact) mass is 422 g/mol. The van der Waals surface area contributed by atoms with Crippen molar-refractivity contribution in [1.82, 2.24) is 4.31 Å². The first-order chi connectivity index (χ1) is 13.2. The van der Waals surface area contributed by atoms with E-state index in [4.69, 9.17) is 4.74 Å². The quantitative estimate of drug-likeness (QED) is 0.754. The predicted molar refractivity (Wildman–Crippen MR) is 105 cm³/mol. The zero-order chi connectivity index (χ0) is 20.2. The van der Waals surface area contributed by atoms with Crippen LogP contribution in [-0.4, -0.2) is 48.4 Å². The number of rotatable bonds is 4. The Labute approximate surface area is 165 Å². The van der Waals surface area contributed by atoms with E-state index in [1.807, 2.05) is 18.2 Å². The molecule has 28 heavy (non-hydrogen) atoms. The van der Waals surface area contributed by atoms with Crippen LogP contribution < -0.4 is 4.31 Å². The average molecular weight is 423 g/mol. The Morgan fingerprint density at radius 2 is 1.61 bits per heavy atom. The lowest BCUT2D eigenvalue weighted by molar-refractivity contribution is 0.0159. The van der Waals surface area contributed by atoms with Crippen LogP contribution in [0.15, 0.2) is 58.3 Å². The molecule has 0 saturated carbocycles. The van der Waals surface area contributed by atoms with Gasteiger partial charge in [-0.25, -0.2) is 21.1 Å². The molecule has 1 spiro atoms. The van der Waals surface area contributed by atoms with E-state index in [9.17, 15) is 16.8 Å². The Balaban J connectivity index is 1.74. The molecule has 4 rings (SSSR count). The Morgan fingerprint density at radius 3 is 2.21 bits per heavy atom. The van der Waals surface area contributed by atoms with Crippen LogP contribution in [0.1, 0.15) is 18.4 Å². The van der Waals surface area contributed by atoms with E-state index in [0.717, 1.165) is 22.7 Å². The van der Waals surface area contributed by atoms with Gasteiger partial charge in [0.05, 0.1) is 22.0 Å². The summed E-state index contributed by atoms with van der Waals surface area (Å²) in [6, 6.07) is 12.7. The van der Waals surface area contributed by atoms with Crippen molar-refractivity contribution in [2.45, 2.75) is 28.2 Å². The van der Waals surface area contributed by atoms with Crippen LogP contribution in [0.2, 0.25) is 0 Å². The number of fused-ring (bicyclic) bond motifs is 2. The van der Waals surface area contributed by atoms with Crippen LogP contribution >= 0.6 is 0 Å². The Hall–Kier alpha value is -1.94. The highest BCUT2D eigenvalue weighted by Crippen LogP contribution is 2.48. The van der Waals surface area contributed by atoms with Gasteiger partial charge >= 0.3 is 0 Å². The van der Waals surface area contributed by atoms with Crippen molar-refractivity contribution in [3.63, 3.8) is 0 Å². The van der Waals surface area contributed by atoms with E-state index >= 15 is 0 Å². The molecule has 9 heteroatoms. The molecule has 2 aromatic carbocycles. The molecular formula is C19H22N2O5S2. The smallest absolute Gasteiger partial charge is 0.264 e. The van der Waals surface area contributed by atoms with Crippen molar-refractivity contribution < 1.29 is 21.6 Å². The molecule has 0 aliphatic carbocycles. The molecule has 0 radical (unpaired) electrons. The third-order valence-electron chi connectivity index (χ3n) is 5.36. The molecule has 1 fully saturated rings. The number of hydrogen-bond donors (Lipinski definition) is 0. The van der Waals surface area contributed by atoms with Gasteiger partial charge in [0, 0.05) is 26.3 Å². The molecular weight excluding hydrogens is 400 g/mol. The van der Waals surface area contributed by atoms with Gasteiger partial charge in [-0.1, -0.05) is 18.2 Å². The van der Waals surface area contributed by atoms with Gasteiger partial charge < -0.3 is 4.74 Å². The van der Waals surface area contributed by atoms with Gasteiger partial charge in [0.2, 0.25) is 10.0 Å². The molecule has 7 nitrogen and oxygen atoms in total. The van der Waals surface area contributed by atoms with Gasteiger partial charge in [-0.05, 0) is 43.2 Å². The first kappa shape index (κ1) is 19.4. The minimum atomic E-state index is -3.85. The third kappa shape index (κ3) is 2.85. The zero-order valence-electron chi connectivity index (χ0n) is 15.7. The van der Waals surface area contributed by atoms with Gasteiger partial charge in [0.1, 0.15) is 5.60 Å². The minimum Gasteiger partial charge on any atom is -0.368 e. The third-order valence-corrected chi connectivity index (χ3v) is 8.96. The number of benzene rings is 2. The summed E-state index contributed by atoms with van der Waals surface area (Å²) in [7, 11) is -4.61. The number of hydrogen-bond acceptors (Lipinski definition) is 5. The van der Waals surface area contributed by atoms with Crippen molar-refractivity contribution in [2.24, 2.45) is 0 Å². The molecule has 0 bridgehead atoms. The Kier molecular flexibility index (Phi) is 4.53. The summed E-state index contributed by atoms with van der Waals surface area (Å²) in [6.45, 7) is 0.839. The van der Waals surface area contributed by atoms with Crippen molar-refractivity contribution in [3.05, 3.63) is 54.1 Å². The summed E-state index contributed by atoms with van der Waals surface area (Å²) in [5.74, 6) is 0. The fourth-order valence-corrected chi connectivity index (χ4v) is 6.28. The fraction of sp³-hybridized carbons (Fsp3) is 0.368. The van der Waals surface area contributed by atoms with Crippen LogP contribution in [0.3, 0.4) is 0 Å². The van der Waals surface area contributed by atoms with E-state index < -0.39 is 25.6 Å². The van der Waals surface area contributed by atoms with Crippen LogP contribution in [0, 0.1) is 0 Å². The molecule has 150 valence electrons. The van der Waals surface area contributed by atoms with Crippen LogP contribution in [0.5, 0.6) is 0 Å². The normalized spacial score (nSPS) is 22.2. The van der Waals surface area contributed by atoms with Crippen LogP contribution in [0.4, 0.5) is 5.69 Å². The van der Waals surface area contributed by atoms with Gasteiger partial charge in [-0.3, -0.25) is 4.31 Å². The largest absolute Gasteiger partial charge is 0.368 e. The number of para-hydroxylation sites is 1. The van der Waals surface area contributed by atoms with E-state index in [1.54, 1.807) is 6.07 Å². The maximum Gasteiger partial charge on any atom is 0.264 e. The maximum atomic E-state index is 13.3. The van der Waals surface area contributed by atoms with Crippen molar-refractivity contribution in [1.29, 1.82) is 0 Å². The molecule has 2 aliphatic rings. The summed E-state index contributed by atoms with van der Waals surface area (Å²) >= 11 is 0. The second kappa shape index (κ2) is 6.55. The van der Waals surface area contributed by atoms with Crippen molar-refractivity contribution in [2.75, 3.05) is 31.6 Å². The van der Waals surface area contributed by atoms with E-state index in [-0.39, 0.29) is 16.3 Å². The molecule has 0 N–H and O–H groups in total. The van der Waals surface area contributed by atoms with Gasteiger partial charge in [-0.15, -0.1) is 0 Å². The summed E-state index contributed by atoms with van der Waals surface area (Å²) in [6.07, 6.45) is 1.66. The summed E-state index contributed by atoms with van der Waals surface area (Å²) in [5.41, 5.74) is 0.912. The van der Waals surface area contributed by atoms with Gasteiger partial charge in [0.25, 0.3) is 10.0 Å². The standard InChI is InChI=1S/C19H22N2O5S2/c1-20(2)27(22,23)15-8-10-16(11-9-15)28(24,25)21-14-19(12-5-13-26-19)17-6-3-4-7-18(17)21/h3-4,6-11H,5,12-14H2,1-2H3/t19-/m0/s1. The zero-order valence-corrected chi connectivity index (χ0v) is 17.3. The number of ether oxygens (including phenoxy) is 1. The van der Waals surface area contributed by atoms with Crippen molar-refractivity contribution in [3.8, 4) is 0 Å². The molecule has 0 aromatic heterocycles. The van der Waals surface area contributed by atoms with Gasteiger partial charge in [-0.2, -0.15) is 0 Å². The highest BCUT2D eigenvalue weighted by molar-refractivity contribution is 7.93. The second-order valence-corrected chi connectivity index (χ2v) is 11.2. The lowest BCUT2D eigenvalue weighted by Gasteiger charge is -2.25. The highest BCUT2D eigenvalue weighted by Gasteiger charge is 2.49. The Bertz CT molecular complexity index is 1100. The first-order valence-corrected chi connectivity index (χ1v) is 11.9. The van der Waals surface area contributed by atoms with Crippen LogP contribution in [-0.2, 0) is 30.4 Å². The van der Waals surface area contributed by atoms with E-state index in [2.05, 4.69) is 0 Å². The number of nitrogens with zero attached hydrogens (tertiary/aromatic N) is 2. The fourth-order valence-electron chi connectivity index (χ4n) is 3.85. The number of anilines is 1. The molecule has 2 aliphatic heterocycles. The minimum absolute atomic E-state index is 0.0499. The molecule has 0 unspecified atom stereocenters. The Morgan fingerprint density at radius 1 is 0.964 bits per heavy atom. The molecule has 0 amide bonds. The highest BCUT2D eigenvalue weighted by atomic mass is 32.2. The van der Waals surface area contributed by atoms with Crippen molar-refractivity contribution >= 4 is 25.7 Å². The molecule has 2 aromatic rings. The van der Waals surface area contributed by atoms with Crippen LogP contribution in [0.25, 0.3) is 0 Å². The molecule has 1 saturated heterocycles. The van der Waals surface area contributed by atoms with E-state index in [1.165, 1.54) is 42.7 Å². The van der Waals surface area contributed by atoms with E-state index in [0.29, 0.717) is 12.3 Å². The maximum absolute atomic E-state index is 13.3. The first-order valence-electron chi connectivity index (χ1n) is 8.97. The summed E-state index contributed by atoms with van der Waals surface area (Å²) in [4.78, 5) is 0.101. The summed E-state index contributed by atoms with van der Waals surface area (Å²) < 4.78 is 59.6. The molecule has 1 atom stereocenters. The van der Waals surface area contributed by atoms with Gasteiger partial charge in [0.15, 0.2) is 0 Å². The number of sulfonamides is 2. The second-order valence-electron chi connectivity index (χ2n) is 7.23. The summed E-state index contributed by atoms with van der Waals surface area (Å²) in [5, 5.41) is 0. The average Bonchev–Trinajstić information content (AvgIpc) is 3.28. The lowest BCUT2D eigenvalue weighted by atomic mass is 9.93. The topological polar surface area (TPSA) is 84.0 Å². The lowest BCUT2D eigenvalue weighted by Crippen LogP contribution is -2.36. The molecule has 2 heterocycles. The predicted octanol–water partition coefficient (Wildman–Crippen LogP) is 2.15. The SMILES string of the molecule is CN(C)S(=O)(=O)c1ccc(S(=O)(=O)N2C[C@@]3(CCCO3)c3ccccc32)cc1.